The average Bonchev–Trinajstić information content (AvgIpc) is 2.05. The molecule has 0 radical (unpaired) electrons. The van der Waals surface area contributed by atoms with Gasteiger partial charge in [0.2, 0.25) is 6.54 Å². The van der Waals surface area contributed by atoms with Crippen molar-refractivity contribution in [2.75, 3.05) is 6.54 Å². The first-order valence-electron chi connectivity index (χ1n) is 4.82. The second-order valence-corrected chi connectivity index (χ2v) is 3.89. The molecule has 1 unspecified atom stereocenters. The van der Waals surface area contributed by atoms with Gasteiger partial charge in [-0.2, -0.15) is 0 Å². The monoisotopic (exact) mass is 171 g/mol. The summed E-state index contributed by atoms with van der Waals surface area (Å²) in [6.07, 6.45) is 6.27. The van der Waals surface area contributed by atoms with E-state index in [1.54, 1.807) is 0 Å². The third kappa shape index (κ3) is 2.80. The van der Waals surface area contributed by atoms with E-state index >= 15 is 0 Å². The summed E-state index contributed by atoms with van der Waals surface area (Å²) in [5.74, 6) is 0.893. The molecular weight excluding hydrogens is 154 g/mol. The number of rotatable bonds is 3. The van der Waals surface area contributed by atoms with Crippen molar-refractivity contribution in [2.45, 2.75) is 39.0 Å². The highest BCUT2D eigenvalue weighted by Crippen LogP contribution is 2.29. The van der Waals surface area contributed by atoms with Crippen molar-refractivity contribution in [2.24, 2.45) is 11.8 Å². The molecule has 0 N–H and O–H groups in total. The Morgan fingerprint density at radius 2 is 2.00 bits per heavy atom. The lowest BCUT2D eigenvalue weighted by atomic mass is 9.81. The van der Waals surface area contributed by atoms with Crippen LogP contribution in [-0.4, -0.2) is 11.5 Å². The van der Waals surface area contributed by atoms with Crippen LogP contribution in [0.3, 0.4) is 0 Å². The second-order valence-electron chi connectivity index (χ2n) is 3.89. The van der Waals surface area contributed by atoms with Crippen LogP contribution in [0.15, 0.2) is 0 Å². The van der Waals surface area contributed by atoms with Crippen LogP contribution in [-0.2, 0) is 0 Å². The summed E-state index contributed by atoms with van der Waals surface area (Å²) in [5.41, 5.74) is 0. The van der Waals surface area contributed by atoms with Crippen LogP contribution in [0.5, 0.6) is 0 Å². The Labute approximate surface area is 73.3 Å². The van der Waals surface area contributed by atoms with Crippen LogP contribution in [0.25, 0.3) is 0 Å². The van der Waals surface area contributed by atoms with Crippen LogP contribution in [0.4, 0.5) is 0 Å². The van der Waals surface area contributed by atoms with Gasteiger partial charge in [-0.15, -0.1) is 0 Å². The Balaban J connectivity index is 2.29. The lowest BCUT2D eigenvalue weighted by molar-refractivity contribution is -0.489. The van der Waals surface area contributed by atoms with Crippen LogP contribution in [0.2, 0.25) is 0 Å². The first-order valence-corrected chi connectivity index (χ1v) is 4.82. The van der Waals surface area contributed by atoms with Crippen LogP contribution in [0.1, 0.15) is 39.0 Å². The van der Waals surface area contributed by atoms with Gasteiger partial charge in [0.1, 0.15) is 0 Å². The lowest BCUT2D eigenvalue weighted by Crippen LogP contribution is -2.22. The quantitative estimate of drug-likeness (QED) is 0.483. The highest BCUT2D eigenvalue weighted by atomic mass is 16.6. The SMILES string of the molecule is CC(C[N+](=O)[O-])C1CCCCC1. The first kappa shape index (κ1) is 9.49. The van der Waals surface area contributed by atoms with Gasteiger partial charge >= 0.3 is 0 Å². The normalized spacial score (nSPS) is 22.1. The standard InChI is InChI=1S/C9H17NO2/c1-8(7-10(11)12)9-5-3-2-4-6-9/h8-9H,2-7H2,1H3. The van der Waals surface area contributed by atoms with Gasteiger partial charge in [0.25, 0.3) is 0 Å². The van der Waals surface area contributed by atoms with Crippen molar-refractivity contribution in [3.05, 3.63) is 10.1 Å². The van der Waals surface area contributed by atoms with Crippen molar-refractivity contribution in [3.63, 3.8) is 0 Å². The fourth-order valence-electron chi connectivity index (χ4n) is 2.09. The lowest BCUT2D eigenvalue weighted by Gasteiger charge is -2.24. The Hall–Kier alpha value is -0.600. The number of nitro groups is 1. The van der Waals surface area contributed by atoms with E-state index in [0.717, 1.165) is 0 Å². The summed E-state index contributed by atoms with van der Waals surface area (Å²) in [6, 6.07) is 0. The summed E-state index contributed by atoms with van der Waals surface area (Å²) in [6.45, 7) is 2.17. The van der Waals surface area contributed by atoms with E-state index in [1.807, 2.05) is 6.92 Å². The number of hydrogen-bond acceptors (Lipinski definition) is 2. The third-order valence-electron chi connectivity index (χ3n) is 2.89. The topological polar surface area (TPSA) is 43.1 Å². The molecule has 3 nitrogen and oxygen atoms in total. The number of nitrogens with zero attached hydrogens (tertiary/aromatic N) is 1. The fourth-order valence-corrected chi connectivity index (χ4v) is 2.09. The Morgan fingerprint density at radius 1 is 1.42 bits per heavy atom. The van der Waals surface area contributed by atoms with E-state index in [1.165, 1.54) is 32.1 Å². The highest BCUT2D eigenvalue weighted by Gasteiger charge is 2.23. The fraction of sp³-hybridized carbons (Fsp3) is 1.00. The molecule has 1 fully saturated rings. The minimum absolute atomic E-state index is 0.157. The Bertz CT molecular complexity index is 153. The molecule has 3 heteroatoms. The maximum absolute atomic E-state index is 10.3. The van der Waals surface area contributed by atoms with Gasteiger partial charge in [-0.05, 0) is 18.8 Å². The zero-order valence-electron chi connectivity index (χ0n) is 7.66. The predicted molar refractivity (Wildman–Crippen MR) is 47.6 cm³/mol. The zero-order chi connectivity index (χ0) is 8.97. The van der Waals surface area contributed by atoms with Gasteiger partial charge in [0.15, 0.2) is 0 Å². The molecule has 0 amide bonds. The molecule has 1 aliphatic rings. The van der Waals surface area contributed by atoms with E-state index in [-0.39, 0.29) is 17.4 Å². The van der Waals surface area contributed by atoms with Gasteiger partial charge in [0.05, 0.1) is 0 Å². The Morgan fingerprint density at radius 3 is 2.50 bits per heavy atom. The molecule has 1 atom stereocenters. The van der Waals surface area contributed by atoms with Gasteiger partial charge in [-0.25, -0.2) is 0 Å². The van der Waals surface area contributed by atoms with Crippen molar-refractivity contribution < 1.29 is 4.92 Å². The molecule has 0 saturated heterocycles. The molecule has 0 bridgehead atoms. The molecule has 0 aromatic carbocycles. The van der Waals surface area contributed by atoms with E-state index in [9.17, 15) is 10.1 Å². The minimum atomic E-state index is -0.181. The van der Waals surface area contributed by atoms with Crippen molar-refractivity contribution >= 4 is 0 Å². The van der Waals surface area contributed by atoms with Gasteiger partial charge in [-0.3, -0.25) is 10.1 Å². The summed E-state index contributed by atoms with van der Waals surface area (Å²) in [5, 5.41) is 10.3. The second kappa shape index (κ2) is 4.43. The van der Waals surface area contributed by atoms with Crippen molar-refractivity contribution in [3.8, 4) is 0 Å². The molecule has 12 heavy (non-hydrogen) atoms. The third-order valence-corrected chi connectivity index (χ3v) is 2.89. The maximum atomic E-state index is 10.3. The largest absolute Gasteiger partial charge is 0.265 e. The maximum Gasteiger partial charge on any atom is 0.206 e. The first-order chi connectivity index (χ1) is 5.70. The molecule has 1 rings (SSSR count). The van der Waals surface area contributed by atoms with E-state index in [2.05, 4.69) is 0 Å². The van der Waals surface area contributed by atoms with Crippen LogP contribution < -0.4 is 0 Å². The summed E-state index contributed by atoms with van der Waals surface area (Å²) in [4.78, 5) is 10.1. The summed E-state index contributed by atoms with van der Waals surface area (Å²) >= 11 is 0. The molecule has 0 heterocycles. The van der Waals surface area contributed by atoms with Crippen LogP contribution >= 0.6 is 0 Å². The van der Waals surface area contributed by atoms with E-state index < -0.39 is 0 Å². The summed E-state index contributed by atoms with van der Waals surface area (Å²) < 4.78 is 0. The van der Waals surface area contributed by atoms with Crippen LogP contribution in [0, 0.1) is 22.0 Å². The highest BCUT2D eigenvalue weighted by molar-refractivity contribution is 4.70. The molecule has 0 aliphatic heterocycles. The molecular formula is C9H17NO2. The molecule has 1 saturated carbocycles. The van der Waals surface area contributed by atoms with Gasteiger partial charge in [0, 0.05) is 10.8 Å². The van der Waals surface area contributed by atoms with Crippen molar-refractivity contribution in [1.29, 1.82) is 0 Å². The molecule has 1 aliphatic carbocycles. The van der Waals surface area contributed by atoms with Crippen molar-refractivity contribution in [1.82, 2.24) is 0 Å². The number of hydrogen-bond donors (Lipinski definition) is 0. The molecule has 70 valence electrons. The minimum Gasteiger partial charge on any atom is -0.265 e. The van der Waals surface area contributed by atoms with Gasteiger partial charge < -0.3 is 0 Å². The summed E-state index contributed by atoms with van der Waals surface area (Å²) in [7, 11) is 0. The van der Waals surface area contributed by atoms with Gasteiger partial charge in [-0.1, -0.05) is 26.2 Å². The van der Waals surface area contributed by atoms with E-state index in [0.29, 0.717) is 5.92 Å². The predicted octanol–water partition coefficient (Wildman–Crippen LogP) is 2.48. The zero-order valence-corrected chi connectivity index (χ0v) is 7.66. The molecule has 0 aromatic rings. The Kier molecular flexibility index (Phi) is 3.50. The molecule has 0 aromatic heterocycles. The molecule has 0 spiro atoms. The van der Waals surface area contributed by atoms with E-state index in [4.69, 9.17) is 0 Å². The smallest absolute Gasteiger partial charge is 0.206 e. The average molecular weight is 171 g/mol.